The third kappa shape index (κ3) is 3.29. The molecule has 27 heavy (non-hydrogen) atoms. The average molecular weight is 383 g/mol. The van der Waals surface area contributed by atoms with Crippen molar-refractivity contribution in [3.05, 3.63) is 80.3 Å². The Morgan fingerprint density at radius 3 is 2.85 bits per heavy atom. The molecular weight excluding hydrogens is 368 g/mol. The SMILES string of the molecule is [C-]#[N+]c1ccc(Oc2ccc3c(c2)CCC[C@H]3c2oc(=O)[nH]c2O)c(Cl)c1. The maximum atomic E-state index is 11.4. The number of fused-ring (bicyclic) bond motifs is 1. The van der Waals surface area contributed by atoms with Gasteiger partial charge in [-0.15, -0.1) is 0 Å². The minimum Gasteiger partial charge on any atom is -0.492 e. The highest BCUT2D eigenvalue weighted by molar-refractivity contribution is 6.32. The summed E-state index contributed by atoms with van der Waals surface area (Å²) < 4.78 is 11.0. The van der Waals surface area contributed by atoms with Crippen LogP contribution in [0.1, 0.15) is 35.6 Å². The summed E-state index contributed by atoms with van der Waals surface area (Å²) in [5.41, 5.74) is 2.52. The lowest BCUT2D eigenvalue weighted by Gasteiger charge is -2.24. The van der Waals surface area contributed by atoms with Gasteiger partial charge in [0.25, 0.3) is 0 Å². The molecule has 0 saturated carbocycles. The van der Waals surface area contributed by atoms with Gasteiger partial charge in [-0.2, -0.15) is 0 Å². The largest absolute Gasteiger partial charge is 0.492 e. The van der Waals surface area contributed by atoms with Crippen molar-refractivity contribution in [3.8, 4) is 17.4 Å². The molecule has 1 heterocycles. The number of hydrogen-bond donors (Lipinski definition) is 2. The minimum absolute atomic E-state index is 0.178. The Hall–Kier alpha value is -3.17. The molecule has 4 rings (SSSR count). The molecule has 2 N–H and O–H groups in total. The van der Waals surface area contributed by atoms with Gasteiger partial charge in [0.05, 0.1) is 11.6 Å². The van der Waals surface area contributed by atoms with Crippen LogP contribution in [0.4, 0.5) is 5.69 Å². The minimum atomic E-state index is -0.660. The van der Waals surface area contributed by atoms with Crippen LogP contribution in [0.15, 0.2) is 45.6 Å². The van der Waals surface area contributed by atoms with Gasteiger partial charge in [-0.3, -0.25) is 4.98 Å². The highest BCUT2D eigenvalue weighted by Crippen LogP contribution is 2.41. The number of aromatic hydroxyl groups is 1. The molecule has 1 atom stereocenters. The molecule has 0 radical (unpaired) electrons. The molecule has 2 aromatic carbocycles. The first kappa shape index (κ1) is 17.3. The van der Waals surface area contributed by atoms with E-state index in [4.69, 9.17) is 27.3 Å². The third-order valence-electron chi connectivity index (χ3n) is 4.67. The molecule has 0 fully saturated rings. The second kappa shape index (κ2) is 6.86. The maximum absolute atomic E-state index is 11.4. The molecule has 0 saturated heterocycles. The number of hydrogen-bond acceptors (Lipinski definition) is 4. The van der Waals surface area contributed by atoms with E-state index in [0.29, 0.717) is 22.2 Å². The quantitative estimate of drug-likeness (QED) is 0.615. The van der Waals surface area contributed by atoms with E-state index in [0.717, 1.165) is 30.4 Å². The summed E-state index contributed by atoms with van der Waals surface area (Å²) in [6, 6.07) is 10.6. The number of aromatic amines is 1. The molecule has 0 bridgehead atoms. The number of H-pyrrole nitrogens is 1. The lowest BCUT2D eigenvalue weighted by molar-refractivity contribution is 0.394. The van der Waals surface area contributed by atoms with Gasteiger partial charge in [0.15, 0.2) is 11.4 Å². The zero-order valence-electron chi connectivity index (χ0n) is 14.2. The monoisotopic (exact) mass is 382 g/mol. The molecule has 0 unspecified atom stereocenters. The van der Waals surface area contributed by atoms with Gasteiger partial charge in [0.1, 0.15) is 11.5 Å². The van der Waals surface area contributed by atoms with Crippen LogP contribution in [-0.2, 0) is 6.42 Å². The Morgan fingerprint density at radius 1 is 1.30 bits per heavy atom. The van der Waals surface area contributed by atoms with Crippen LogP contribution < -0.4 is 10.5 Å². The van der Waals surface area contributed by atoms with Crippen molar-refractivity contribution >= 4 is 17.3 Å². The summed E-state index contributed by atoms with van der Waals surface area (Å²) in [6.45, 7) is 7.02. The number of nitrogens with zero attached hydrogens (tertiary/aromatic N) is 1. The Morgan fingerprint density at radius 2 is 2.15 bits per heavy atom. The van der Waals surface area contributed by atoms with Crippen molar-refractivity contribution in [2.45, 2.75) is 25.2 Å². The van der Waals surface area contributed by atoms with E-state index in [1.54, 1.807) is 18.2 Å². The summed E-state index contributed by atoms with van der Waals surface area (Å²) in [5, 5.41) is 10.3. The number of nitrogens with one attached hydrogen (secondary N) is 1. The lowest BCUT2D eigenvalue weighted by Crippen LogP contribution is -2.11. The van der Waals surface area contributed by atoms with E-state index in [9.17, 15) is 9.90 Å². The van der Waals surface area contributed by atoms with E-state index in [1.165, 1.54) is 0 Å². The van der Waals surface area contributed by atoms with E-state index < -0.39 is 5.76 Å². The second-order valence-electron chi connectivity index (χ2n) is 6.36. The van der Waals surface area contributed by atoms with Crippen molar-refractivity contribution in [2.75, 3.05) is 0 Å². The Kier molecular flexibility index (Phi) is 4.38. The average Bonchev–Trinajstić information content (AvgIpc) is 3.00. The molecule has 136 valence electrons. The van der Waals surface area contributed by atoms with Crippen molar-refractivity contribution in [3.63, 3.8) is 0 Å². The van der Waals surface area contributed by atoms with Crippen LogP contribution in [0.5, 0.6) is 17.4 Å². The van der Waals surface area contributed by atoms with Gasteiger partial charge in [0, 0.05) is 5.92 Å². The number of aromatic nitrogens is 1. The first-order chi connectivity index (χ1) is 13.0. The number of halogens is 1. The summed E-state index contributed by atoms with van der Waals surface area (Å²) >= 11 is 6.18. The van der Waals surface area contributed by atoms with Gasteiger partial charge in [-0.25, -0.2) is 9.64 Å². The van der Waals surface area contributed by atoms with E-state index in [1.807, 2.05) is 18.2 Å². The van der Waals surface area contributed by atoms with Crippen molar-refractivity contribution in [1.29, 1.82) is 0 Å². The zero-order valence-corrected chi connectivity index (χ0v) is 14.9. The Labute approximate surface area is 159 Å². The fourth-order valence-electron chi connectivity index (χ4n) is 3.46. The van der Waals surface area contributed by atoms with Crippen LogP contribution in [0.3, 0.4) is 0 Å². The van der Waals surface area contributed by atoms with E-state index in [2.05, 4.69) is 9.83 Å². The summed E-state index contributed by atoms with van der Waals surface area (Å²) in [7, 11) is 0. The predicted molar refractivity (Wildman–Crippen MR) is 100 cm³/mol. The summed E-state index contributed by atoms with van der Waals surface area (Å²) in [5.74, 6) is 0.324. The highest BCUT2D eigenvalue weighted by atomic mass is 35.5. The normalized spacial score (nSPS) is 15.8. The molecule has 0 amide bonds. The molecule has 7 heteroatoms. The van der Waals surface area contributed by atoms with Crippen LogP contribution in [0, 0.1) is 6.57 Å². The lowest BCUT2D eigenvalue weighted by atomic mass is 9.81. The van der Waals surface area contributed by atoms with Crippen LogP contribution in [0.25, 0.3) is 4.85 Å². The van der Waals surface area contributed by atoms with Gasteiger partial charge >= 0.3 is 5.76 Å². The number of ether oxygens (including phenoxy) is 1. The summed E-state index contributed by atoms with van der Waals surface area (Å²) in [6.07, 6.45) is 2.55. The number of oxazole rings is 1. The third-order valence-corrected chi connectivity index (χ3v) is 4.97. The molecule has 1 aliphatic carbocycles. The maximum Gasteiger partial charge on any atom is 0.419 e. The molecule has 0 spiro atoms. The fourth-order valence-corrected chi connectivity index (χ4v) is 3.68. The topological polar surface area (TPSA) is 79.8 Å². The first-order valence-electron chi connectivity index (χ1n) is 8.45. The second-order valence-corrected chi connectivity index (χ2v) is 6.77. The Bertz CT molecular complexity index is 1110. The van der Waals surface area contributed by atoms with Crippen LogP contribution >= 0.6 is 11.6 Å². The molecule has 0 aliphatic heterocycles. The smallest absolute Gasteiger partial charge is 0.419 e. The molecule has 6 nitrogen and oxygen atoms in total. The van der Waals surface area contributed by atoms with E-state index >= 15 is 0 Å². The highest BCUT2D eigenvalue weighted by Gasteiger charge is 2.28. The van der Waals surface area contributed by atoms with Crippen molar-refractivity contribution < 1.29 is 14.3 Å². The molecule has 1 aliphatic rings. The molecule has 3 aromatic rings. The standard InChI is InChI=1S/C20H15ClN2O4/c1-22-12-5-8-17(16(21)10-12)26-13-6-7-14-11(9-13)3-2-4-15(14)18-19(24)23-20(25)27-18/h5-10,15,24H,2-4H2,(H,23,25)/t15-/m1/s1. The number of rotatable bonds is 3. The van der Waals surface area contributed by atoms with Crippen LogP contribution in [-0.4, -0.2) is 10.1 Å². The fraction of sp³-hybridized carbons (Fsp3) is 0.200. The predicted octanol–water partition coefficient (Wildman–Crippen LogP) is 5.14. The van der Waals surface area contributed by atoms with Crippen molar-refractivity contribution in [2.24, 2.45) is 0 Å². The van der Waals surface area contributed by atoms with Gasteiger partial charge < -0.3 is 14.3 Å². The van der Waals surface area contributed by atoms with Gasteiger partial charge in [-0.1, -0.05) is 23.7 Å². The first-order valence-corrected chi connectivity index (χ1v) is 8.82. The summed E-state index contributed by atoms with van der Waals surface area (Å²) in [4.78, 5) is 17.0. The Balaban J connectivity index is 1.65. The van der Waals surface area contributed by atoms with Gasteiger partial charge in [-0.05, 0) is 54.7 Å². The number of benzene rings is 2. The number of aryl methyl sites for hydroxylation is 1. The van der Waals surface area contributed by atoms with Crippen molar-refractivity contribution in [1.82, 2.24) is 4.98 Å². The van der Waals surface area contributed by atoms with E-state index in [-0.39, 0.29) is 17.6 Å². The van der Waals surface area contributed by atoms with Gasteiger partial charge in [0.2, 0.25) is 5.88 Å². The molecule has 1 aromatic heterocycles. The molecular formula is C20H15ClN2O4. The zero-order chi connectivity index (χ0) is 19.0. The van der Waals surface area contributed by atoms with Crippen LogP contribution in [0.2, 0.25) is 5.02 Å².